The molecular weight excluding hydrogens is 326 g/mol. The normalized spacial score (nSPS) is 17.3. The number of thiophene rings is 1. The number of thiazole rings is 1. The van der Waals surface area contributed by atoms with E-state index in [-0.39, 0.29) is 0 Å². The summed E-state index contributed by atoms with van der Waals surface area (Å²) in [6.45, 7) is 3.92. The summed E-state index contributed by atoms with van der Waals surface area (Å²) in [6, 6.07) is 2.59. The third-order valence-corrected chi connectivity index (χ3v) is 5.85. The lowest BCUT2D eigenvalue weighted by molar-refractivity contribution is 0.372. The van der Waals surface area contributed by atoms with E-state index in [0.29, 0.717) is 6.04 Å². The van der Waals surface area contributed by atoms with Gasteiger partial charge < -0.3 is 9.88 Å². The number of hydrogen-bond acceptors (Lipinski definition) is 6. The molecule has 0 fully saturated rings. The molecule has 120 valence electrons. The second-order valence-corrected chi connectivity index (χ2v) is 7.41. The van der Waals surface area contributed by atoms with Crippen LogP contribution in [0, 0.1) is 0 Å². The van der Waals surface area contributed by atoms with E-state index >= 15 is 0 Å². The maximum absolute atomic E-state index is 4.74. The first-order valence-electron chi connectivity index (χ1n) is 7.94. The SMILES string of the molecule is CCc1nnc2n1C[C@@H](NCc1csc(-c3ccsc3)n1)CC2. The Kier molecular flexibility index (Phi) is 4.24. The number of aromatic nitrogens is 4. The molecule has 23 heavy (non-hydrogen) atoms. The van der Waals surface area contributed by atoms with Gasteiger partial charge in [0, 0.05) is 48.3 Å². The fourth-order valence-corrected chi connectivity index (χ4v) is 4.50. The Labute approximate surface area is 143 Å². The summed E-state index contributed by atoms with van der Waals surface area (Å²) in [5.74, 6) is 2.23. The van der Waals surface area contributed by atoms with Crippen LogP contribution in [0.4, 0.5) is 0 Å². The Morgan fingerprint density at radius 3 is 3.13 bits per heavy atom. The molecular formula is C16H19N5S2. The molecule has 0 radical (unpaired) electrons. The van der Waals surface area contributed by atoms with Crippen LogP contribution in [0.3, 0.4) is 0 Å². The zero-order chi connectivity index (χ0) is 15.6. The zero-order valence-electron chi connectivity index (χ0n) is 13.0. The highest BCUT2D eigenvalue weighted by molar-refractivity contribution is 7.14. The fourth-order valence-electron chi connectivity index (χ4n) is 2.97. The third-order valence-electron chi connectivity index (χ3n) is 4.23. The van der Waals surface area contributed by atoms with Crippen LogP contribution in [-0.2, 0) is 25.9 Å². The van der Waals surface area contributed by atoms with Gasteiger partial charge in [0.2, 0.25) is 0 Å². The monoisotopic (exact) mass is 345 g/mol. The molecule has 0 bridgehead atoms. The molecule has 5 nitrogen and oxygen atoms in total. The van der Waals surface area contributed by atoms with Crippen molar-refractivity contribution in [2.75, 3.05) is 0 Å². The first kappa shape index (κ1) is 15.0. The smallest absolute Gasteiger partial charge is 0.133 e. The maximum Gasteiger partial charge on any atom is 0.133 e. The van der Waals surface area contributed by atoms with Crippen molar-refractivity contribution in [2.24, 2.45) is 0 Å². The molecule has 1 aliphatic rings. The molecule has 0 saturated heterocycles. The van der Waals surface area contributed by atoms with Crippen molar-refractivity contribution in [3.8, 4) is 10.6 Å². The van der Waals surface area contributed by atoms with E-state index in [1.807, 2.05) is 0 Å². The summed E-state index contributed by atoms with van der Waals surface area (Å²) < 4.78 is 2.28. The van der Waals surface area contributed by atoms with Crippen LogP contribution >= 0.6 is 22.7 Å². The molecule has 0 aromatic carbocycles. The molecule has 1 aliphatic heterocycles. The highest BCUT2D eigenvalue weighted by Gasteiger charge is 2.22. The van der Waals surface area contributed by atoms with Gasteiger partial charge in [0.1, 0.15) is 16.7 Å². The van der Waals surface area contributed by atoms with Crippen LogP contribution in [0.15, 0.2) is 22.2 Å². The zero-order valence-corrected chi connectivity index (χ0v) is 14.7. The van der Waals surface area contributed by atoms with E-state index in [4.69, 9.17) is 4.98 Å². The number of hydrogen-bond donors (Lipinski definition) is 1. The van der Waals surface area contributed by atoms with Crippen LogP contribution in [0.2, 0.25) is 0 Å². The van der Waals surface area contributed by atoms with Gasteiger partial charge in [-0.2, -0.15) is 11.3 Å². The van der Waals surface area contributed by atoms with Crippen molar-refractivity contribution < 1.29 is 0 Å². The highest BCUT2D eigenvalue weighted by Crippen LogP contribution is 2.25. The summed E-state index contributed by atoms with van der Waals surface area (Å²) in [6.07, 6.45) is 3.06. The molecule has 0 aliphatic carbocycles. The summed E-state index contributed by atoms with van der Waals surface area (Å²) >= 11 is 3.43. The molecule has 4 heterocycles. The predicted octanol–water partition coefficient (Wildman–Crippen LogP) is 3.13. The number of fused-ring (bicyclic) bond motifs is 1. The van der Waals surface area contributed by atoms with Crippen molar-refractivity contribution in [3.05, 3.63) is 39.5 Å². The van der Waals surface area contributed by atoms with Crippen molar-refractivity contribution in [3.63, 3.8) is 0 Å². The van der Waals surface area contributed by atoms with Crippen LogP contribution in [0.5, 0.6) is 0 Å². The van der Waals surface area contributed by atoms with Gasteiger partial charge in [0.25, 0.3) is 0 Å². The molecule has 0 amide bonds. The van der Waals surface area contributed by atoms with Crippen LogP contribution in [0.25, 0.3) is 10.6 Å². The minimum Gasteiger partial charge on any atom is -0.313 e. The van der Waals surface area contributed by atoms with Gasteiger partial charge in [0.15, 0.2) is 0 Å². The molecule has 1 N–H and O–H groups in total. The van der Waals surface area contributed by atoms with Crippen LogP contribution < -0.4 is 5.32 Å². The van der Waals surface area contributed by atoms with E-state index in [9.17, 15) is 0 Å². The molecule has 0 saturated carbocycles. The Balaban J connectivity index is 1.38. The van der Waals surface area contributed by atoms with Gasteiger partial charge in [-0.3, -0.25) is 0 Å². The summed E-state index contributed by atoms with van der Waals surface area (Å²) in [7, 11) is 0. The quantitative estimate of drug-likeness (QED) is 0.772. The fraction of sp³-hybridized carbons (Fsp3) is 0.438. The van der Waals surface area contributed by atoms with E-state index in [1.165, 1.54) is 5.56 Å². The molecule has 0 spiro atoms. The van der Waals surface area contributed by atoms with Crippen LogP contribution in [0.1, 0.15) is 30.7 Å². The number of nitrogens with zero attached hydrogens (tertiary/aromatic N) is 4. The summed E-state index contributed by atoms with van der Waals surface area (Å²) in [5, 5.41) is 19.7. The van der Waals surface area contributed by atoms with Gasteiger partial charge in [-0.15, -0.1) is 21.5 Å². The summed E-state index contributed by atoms with van der Waals surface area (Å²) in [5.41, 5.74) is 2.35. The van der Waals surface area contributed by atoms with E-state index in [1.54, 1.807) is 22.7 Å². The lowest BCUT2D eigenvalue weighted by Crippen LogP contribution is -2.37. The second kappa shape index (κ2) is 6.51. The van der Waals surface area contributed by atoms with Crippen molar-refractivity contribution in [2.45, 2.75) is 45.3 Å². The molecule has 3 aromatic rings. The van der Waals surface area contributed by atoms with Gasteiger partial charge >= 0.3 is 0 Å². The van der Waals surface area contributed by atoms with Crippen molar-refractivity contribution in [1.82, 2.24) is 25.1 Å². The average Bonchev–Trinajstić information content (AvgIpc) is 3.31. The van der Waals surface area contributed by atoms with Crippen molar-refractivity contribution >= 4 is 22.7 Å². The topological polar surface area (TPSA) is 55.6 Å². The Bertz CT molecular complexity index is 761. The molecule has 7 heteroatoms. The van der Waals surface area contributed by atoms with Gasteiger partial charge in [0.05, 0.1) is 5.69 Å². The summed E-state index contributed by atoms with van der Waals surface area (Å²) in [4.78, 5) is 4.74. The Morgan fingerprint density at radius 1 is 1.35 bits per heavy atom. The standard InChI is InChI=1S/C16H19N5S2/c1-2-14-19-20-15-4-3-12(8-21(14)15)17-7-13-10-23-16(18-13)11-5-6-22-9-11/h5-6,9-10,12,17H,2-4,7-8H2,1H3/t12-/m0/s1. The molecule has 0 unspecified atom stereocenters. The lowest BCUT2D eigenvalue weighted by Gasteiger charge is -2.25. The van der Waals surface area contributed by atoms with E-state index in [2.05, 4.69) is 49.2 Å². The van der Waals surface area contributed by atoms with Gasteiger partial charge in [-0.05, 0) is 17.9 Å². The number of aryl methyl sites for hydroxylation is 2. The number of rotatable bonds is 5. The van der Waals surface area contributed by atoms with Gasteiger partial charge in [-0.25, -0.2) is 4.98 Å². The van der Waals surface area contributed by atoms with Crippen molar-refractivity contribution in [1.29, 1.82) is 0 Å². The third kappa shape index (κ3) is 3.08. The number of nitrogens with one attached hydrogen (secondary N) is 1. The lowest BCUT2D eigenvalue weighted by atomic mass is 10.1. The first-order chi connectivity index (χ1) is 11.3. The van der Waals surface area contributed by atoms with Crippen LogP contribution in [-0.4, -0.2) is 25.8 Å². The second-order valence-electron chi connectivity index (χ2n) is 5.77. The molecule has 1 atom stereocenters. The predicted molar refractivity (Wildman–Crippen MR) is 93.8 cm³/mol. The largest absolute Gasteiger partial charge is 0.313 e. The Hall–Kier alpha value is -1.57. The highest BCUT2D eigenvalue weighted by atomic mass is 32.1. The van der Waals surface area contributed by atoms with E-state index in [0.717, 1.165) is 54.7 Å². The minimum absolute atomic E-state index is 0.468. The Morgan fingerprint density at radius 2 is 2.30 bits per heavy atom. The first-order valence-corrected chi connectivity index (χ1v) is 9.77. The molecule has 3 aromatic heterocycles. The maximum atomic E-state index is 4.74. The average molecular weight is 345 g/mol. The van der Waals surface area contributed by atoms with Gasteiger partial charge in [-0.1, -0.05) is 6.92 Å². The molecule has 4 rings (SSSR count). The van der Waals surface area contributed by atoms with E-state index < -0.39 is 0 Å². The minimum atomic E-state index is 0.468.